The molecule has 1 N–H and O–H groups in total. The van der Waals surface area contributed by atoms with E-state index in [4.69, 9.17) is 11.6 Å². The van der Waals surface area contributed by atoms with E-state index >= 15 is 0 Å². The molecule has 0 saturated heterocycles. The molecule has 0 aliphatic rings. The smallest absolute Gasteiger partial charge is 0.258 e. The zero-order valence-corrected chi connectivity index (χ0v) is 10.9. The van der Waals surface area contributed by atoms with E-state index in [0.29, 0.717) is 16.5 Å². The minimum atomic E-state index is -0.278. The number of pyridine rings is 2. The Morgan fingerprint density at radius 1 is 1.29 bits per heavy atom. The number of halogens is 2. The van der Waals surface area contributed by atoms with Crippen LogP contribution in [0.15, 0.2) is 41.1 Å². The van der Waals surface area contributed by atoms with Crippen LogP contribution in [0.3, 0.4) is 0 Å². The minimum absolute atomic E-state index is 0.278. The summed E-state index contributed by atoms with van der Waals surface area (Å²) in [5, 5.41) is 3.00. The summed E-state index contributed by atoms with van der Waals surface area (Å²) >= 11 is 8.93. The Bertz CT molecular complexity index is 545. The highest BCUT2D eigenvalue weighted by atomic mass is 79.9. The minimum Gasteiger partial charge on any atom is -0.306 e. The van der Waals surface area contributed by atoms with E-state index in [2.05, 4.69) is 31.2 Å². The number of nitrogens with one attached hydrogen (secondary N) is 1. The van der Waals surface area contributed by atoms with Crippen molar-refractivity contribution in [1.29, 1.82) is 0 Å². The molecule has 0 aliphatic heterocycles. The molecule has 2 rings (SSSR count). The number of rotatable bonds is 2. The topological polar surface area (TPSA) is 54.9 Å². The van der Waals surface area contributed by atoms with Crippen molar-refractivity contribution in [2.75, 3.05) is 5.32 Å². The number of hydrogen-bond acceptors (Lipinski definition) is 3. The molecule has 1 amide bonds. The van der Waals surface area contributed by atoms with Crippen molar-refractivity contribution in [2.24, 2.45) is 0 Å². The molecule has 0 spiro atoms. The predicted molar refractivity (Wildman–Crippen MR) is 69.1 cm³/mol. The van der Waals surface area contributed by atoms with Gasteiger partial charge in [-0.2, -0.15) is 0 Å². The molecule has 0 bridgehead atoms. The summed E-state index contributed by atoms with van der Waals surface area (Å²) in [4.78, 5) is 19.6. The van der Waals surface area contributed by atoms with Crippen LogP contribution in [0.25, 0.3) is 0 Å². The van der Waals surface area contributed by atoms with Gasteiger partial charge in [0.2, 0.25) is 0 Å². The molecule has 0 aromatic carbocycles. The lowest BCUT2D eigenvalue weighted by Crippen LogP contribution is -2.13. The third-order valence-electron chi connectivity index (χ3n) is 1.95. The molecule has 4 nitrogen and oxygen atoms in total. The molecule has 0 unspecified atom stereocenters. The average molecular weight is 313 g/mol. The number of carbonyl (C=O) groups excluding carboxylic acids is 1. The van der Waals surface area contributed by atoms with Crippen LogP contribution in [-0.2, 0) is 0 Å². The van der Waals surface area contributed by atoms with Crippen LogP contribution in [0, 0.1) is 0 Å². The predicted octanol–water partition coefficient (Wildman–Crippen LogP) is 3.14. The van der Waals surface area contributed by atoms with Gasteiger partial charge in [0.15, 0.2) is 0 Å². The van der Waals surface area contributed by atoms with Crippen molar-refractivity contribution in [3.63, 3.8) is 0 Å². The summed E-state index contributed by atoms with van der Waals surface area (Å²) in [5.74, 6) is 0.194. The molecule has 0 saturated carbocycles. The largest absolute Gasteiger partial charge is 0.306 e. The monoisotopic (exact) mass is 311 g/mol. The van der Waals surface area contributed by atoms with Gasteiger partial charge in [-0.3, -0.25) is 4.79 Å². The van der Waals surface area contributed by atoms with Crippen LogP contribution in [0.2, 0.25) is 5.15 Å². The van der Waals surface area contributed by atoms with Crippen LogP contribution in [0.5, 0.6) is 0 Å². The summed E-state index contributed by atoms with van der Waals surface area (Å²) in [5.41, 5.74) is 0.427. The van der Waals surface area contributed by atoms with Crippen molar-refractivity contribution in [3.05, 3.63) is 51.8 Å². The molecular formula is C11H7BrClN3O. The zero-order valence-electron chi connectivity index (χ0n) is 8.52. The summed E-state index contributed by atoms with van der Waals surface area (Å²) in [6.45, 7) is 0. The lowest BCUT2D eigenvalue weighted by molar-refractivity contribution is 0.102. The van der Waals surface area contributed by atoms with Crippen LogP contribution >= 0.6 is 27.5 Å². The number of nitrogens with zero attached hydrogens (tertiary/aromatic N) is 2. The number of amides is 1. The Balaban J connectivity index is 2.14. The molecule has 17 heavy (non-hydrogen) atoms. The highest BCUT2D eigenvalue weighted by molar-refractivity contribution is 9.10. The first-order valence-corrected chi connectivity index (χ1v) is 5.87. The van der Waals surface area contributed by atoms with Crippen molar-refractivity contribution in [3.8, 4) is 0 Å². The average Bonchev–Trinajstić information content (AvgIpc) is 2.29. The molecular weight excluding hydrogens is 305 g/mol. The maximum absolute atomic E-state index is 11.8. The summed E-state index contributed by atoms with van der Waals surface area (Å²) < 4.78 is 0.844. The Labute approximate surface area is 111 Å². The van der Waals surface area contributed by atoms with E-state index in [1.54, 1.807) is 30.5 Å². The first-order chi connectivity index (χ1) is 8.15. The van der Waals surface area contributed by atoms with Crippen molar-refractivity contribution in [2.45, 2.75) is 0 Å². The van der Waals surface area contributed by atoms with Gasteiger partial charge < -0.3 is 5.32 Å². The second-order valence-electron chi connectivity index (χ2n) is 3.18. The maximum atomic E-state index is 11.8. The Morgan fingerprint density at radius 3 is 2.76 bits per heavy atom. The van der Waals surface area contributed by atoms with E-state index in [0.717, 1.165) is 4.47 Å². The second-order valence-corrected chi connectivity index (χ2v) is 4.49. The van der Waals surface area contributed by atoms with E-state index in [1.165, 1.54) is 6.20 Å². The molecule has 2 heterocycles. The van der Waals surface area contributed by atoms with Gasteiger partial charge in [0.1, 0.15) is 11.0 Å². The van der Waals surface area contributed by atoms with Gasteiger partial charge in [-0.25, -0.2) is 9.97 Å². The highest BCUT2D eigenvalue weighted by Crippen LogP contribution is 2.14. The number of hydrogen-bond donors (Lipinski definition) is 1. The highest BCUT2D eigenvalue weighted by Gasteiger charge is 2.07. The SMILES string of the molecule is O=C(Nc1cc(Br)ccn1)c1ccc(Cl)nc1. The Morgan fingerprint density at radius 2 is 2.12 bits per heavy atom. The lowest BCUT2D eigenvalue weighted by Gasteiger charge is -2.04. The quantitative estimate of drug-likeness (QED) is 0.867. The Kier molecular flexibility index (Phi) is 3.71. The third kappa shape index (κ3) is 3.25. The van der Waals surface area contributed by atoms with Gasteiger partial charge >= 0.3 is 0 Å². The van der Waals surface area contributed by atoms with Crippen LogP contribution in [-0.4, -0.2) is 15.9 Å². The summed E-state index contributed by atoms with van der Waals surface area (Å²) in [6, 6.07) is 6.65. The van der Waals surface area contributed by atoms with Crippen molar-refractivity contribution >= 4 is 39.3 Å². The fourth-order valence-electron chi connectivity index (χ4n) is 1.17. The molecule has 0 atom stereocenters. The molecule has 0 radical (unpaired) electrons. The molecule has 6 heteroatoms. The van der Waals surface area contributed by atoms with Crippen molar-refractivity contribution in [1.82, 2.24) is 9.97 Å². The van der Waals surface area contributed by atoms with Gasteiger partial charge in [-0.15, -0.1) is 0 Å². The molecule has 86 valence electrons. The summed E-state index contributed by atoms with van der Waals surface area (Å²) in [7, 11) is 0. The van der Waals surface area contributed by atoms with Crippen LogP contribution < -0.4 is 5.32 Å². The fourth-order valence-corrected chi connectivity index (χ4v) is 1.62. The number of anilines is 1. The maximum Gasteiger partial charge on any atom is 0.258 e. The first-order valence-electron chi connectivity index (χ1n) is 4.69. The van der Waals surface area contributed by atoms with Gasteiger partial charge in [-0.1, -0.05) is 27.5 Å². The van der Waals surface area contributed by atoms with Crippen molar-refractivity contribution < 1.29 is 4.79 Å². The standard InChI is InChI=1S/C11H7BrClN3O/c12-8-3-4-14-10(5-8)16-11(17)7-1-2-9(13)15-6-7/h1-6H,(H,14,16,17). The lowest BCUT2D eigenvalue weighted by atomic mass is 10.3. The normalized spacial score (nSPS) is 10.0. The molecule has 2 aromatic rings. The number of aromatic nitrogens is 2. The van der Waals surface area contributed by atoms with Gasteiger partial charge in [0.05, 0.1) is 5.56 Å². The van der Waals surface area contributed by atoms with Gasteiger partial charge in [0, 0.05) is 16.9 Å². The second kappa shape index (κ2) is 5.25. The number of carbonyl (C=O) groups is 1. The van der Waals surface area contributed by atoms with Gasteiger partial charge in [-0.05, 0) is 24.3 Å². The van der Waals surface area contributed by atoms with E-state index in [-0.39, 0.29) is 5.91 Å². The molecule has 2 aromatic heterocycles. The van der Waals surface area contributed by atoms with Crippen LogP contribution in [0.4, 0.5) is 5.82 Å². The molecule has 0 fully saturated rings. The first kappa shape index (κ1) is 12.0. The molecule has 0 aliphatic carbocycles. The third-order valence-corrected chi connectivity index (χ3v) is 2.67. The van der Waals surface area contributed by atoms with Crippen LogP contribution in [0.1, 0.15) is 10.4 Å². The van der Waals surface area contributed by atoms with E-state index in [9.17, 15) is 4.79 Å². The Hall–Kier alpha value is -1.46. The van der Waals surface area contributed by atoms with E-state index in [1.807, 2.05) is 0 Å². The van der Waals surface area contributed by atoms with Gasteiger partial charge in [0.25, 0.3) is 5.91 Å². The van der Waals surface area contributed by atoms with E-state index < -0.39 is 0 Å². The zero-order chi connectivity index (χ0) is 12.3. The summed E-state index contributed by atoms with van der Waals surface area (Å²) in [6.07, 6.45) is 3.01. The fraction of sp³-hybridized carbons (Fsp3) is 0.